The summed E-state index contributed by atoms with van der Waals surface area (Å²) in [5.41, 5.74) is 5.83. The van der Waals surface area contributed by atoms with Gasteiger partial charge in [0.1, 0.15) is 17.1 Å². The molecule has 11 nitrogen and oxygen atoms in total. The van der Waals surface area contributed by atoms with Crippen molar-refractivity contribution >= 4 is 22.7 Å². The predicted molar refractivity (Wildman–Crippen MR) is 222 cm³/mol. The summed E-state index contributed by atoms with van der Waals surface area (Å²) in [6.07, 6.45) is 5.45. The number of fused-ring (bicyclic) bond motifs is 1. The fourth-order valence-corrected chi connectivity index (χ4v) is 8.69. The number of amides is 2. The average Bonchev–Trinajstić information content (AvgIpc) is 3.22. The second kappa shape index (κ2) is 18.1. The second-order valence-corrected chi connectivity index (χ2v) is 16.1. The van der Waals surface area contributed by atoms with Crippen LogP contribution in [-0.4, -0.2) is 95.1 Å². The molecule has 0 unspecified atom stereocenters. The lowest BCUT2D eigenvalue weighted by Crippen LogP contribution is -2.53. The number of halogens is 1. The third-order valence-electron chi connectivity index (χ3n) is 11.4. The van der Waals surface area contributed by atoms with Gasteiger partial charge in [0.2, 0.25) is 5.88 Å². The number of para-hydroxylation sites is 1. The minimum absolute atomic E-state index is 0.0261. The molecule has 8 rings (SSSR count). The Morgan fingerprint density at radius 3 is 2.28 bits per heavy atom. The first-order chi connectivity index (χ1) is 28.2. The number of ether oxygens (including phenoxy) is 2. The lowest BCUT2D eigenvalue weighted by molar-refractivity contribution is 0.0342. The highest BCUT2D eigenvalue weighted by molar-refractivity contribution is 6.05. The number of aromatic nitrogens is 2. The third-order valence-corrected chi connectivity index (χ3v) is 11.4. The number of carbonyl (C=O) groups excluding carboxylic acids is 2. The molecule has 302 valence electrons. The van der Waals surface area contributed by atoms with E-state index in [4.69, 9.17) is 9.47 Å². The van der Waals surface area contributed by atoms with Crippen molar-refractivity contribution in [1.82, 2.24) is 35.7 Å². The topological polar surface area (TPSA) is 121 Å². The van der Waals surface area contributed by atoms with Crippen LogP contribution in [0, 0.1) is 5.82 Å². The number of benzene rings is 3. The Bertz CT molecular complexity index is 2220. The van der Waals surface area contributed by atoms with E-state index in [2.05, 4.69) is 73.8 Å². The van der Waals surface area contributed by atoms with Crippen molar-refractivity contribution < 1.29 is 23.5 Å². The van der Waals surface area contributed by atoms with Crippen LogP contribution in [0.3, 0.4) is 0 Å². The molecule has 5 aromatic rings. The molecule has 0 radical (unpaired) electrons. The number of piperazine rings is 1. The van der Waals surface area contributed by atoms with Crippen LogP contribution in [0.15, 0.2) is 91.3 Å². The van der Waals surface area contributed by atoms with E-state index in [-0.39, 0.29) is 29.4 Å². The molecule has 3 aliphatic rings. The molecule has 2 atom stereocenters. The number of pyridine rings is 2. The van der Waals surface area contributed by atoms with Crippen LogP contribution in [0.1, 0.15) is 71.4 Å². The molecule has 2 saturated heterocycles. The van der Waals surface area contributed by atoms with Gasteiger partial charge in [-0.25, -0.2) is 9.37 Å². The van der Waals surface area contributed by atoms with Crippen molar-refractivity contribution in [2.24, 2.45) is 0 Å². The quantitative estimate of drug-likeness (QED) is 0.134. The first kappa shape index (κ1) is 39.6. The number of hydrogen-bond donors (Lipinski definition) is 3. The Labute approximate surface area is 339 Å². The number of morpholine rings is 1. The van der Waals surface area contributed by atoms with E-state index in [1.54, 1.807) is 12.3 Å². The number of carbonyl (C=O) groups is 2. The lowest BCUT2D eigenvalue weighted by Gasteiger charge is -2.36. The van der Waals surface area contributed by atoms with Gasteiger partial charge in [-0.1, -0.05) is 48.5 Å². The smallest absolute Gasteiger partial charge is 0.257 e. The van der Waals surface area contributed by atoms with E-state index in [1.807, 2.05) is 42.5 Å². The SMILES string of the molecule is C[C@@H]1CN(Cc2ccc(-c3cccc(Oc4ncc(F)cc4C(=O)N[C@H]4CC[C@H](NC(=O)c5cccc6cccnc56)CC4)c3)c(CN3CCOCC3)c2)C[C@H](C)N1. The fraction of sp³-hybridized carbons (Fsp3) is 0.391. The van der Waals surface area contributed by atoms with Crippen LogP contribution in [0.5, 0.6) is 11.6 Å². The maximum atomic E-state index is 14.6. The van der Waals surface area contributed by atoms with E-state index in [0.717, 1.165) is 75.2 Å². The van der Waals surface area contributed by atoms with E-state index in [1.165, 1.54) is 17.2 Å². The Morgan fingerprint density at radius 2 is 1.52 bits per heavy atom. The lowest BCUT2D eigenvalue weighted by atomic mass is 9.90. The van der Waals surface area contributed by atoms with Gasteiger partial charge in [0.15, 0.2) is 0 Å². The van der Waals surface area contributed by atoms with Gasteiger partial charge in [0, 0.05) is 75.0 Å². The second-order valence-electron chi connectivity index (χ2n) is 16.1. The Hall–Kier alpha value is -5.27. The highest BCUT2D eigenvalue weighted by Crippen LogP contribution is 2.32. The summed E-state index contributed by atoms with van der Waals surface area (Å²) in [6.45, 7) is 11.4. The molecule has 0 spiro atoms. The summed E-state index contributed by atoms with van der Waals surface area (Å²) >= 11 is 0. The highest BCUT2D eigenvalue weighted by atomic mass is 19.1. The van der Waals surface area contributed by atoms with Crippen LogP contribution in [0.25, 0.3) is 22.0 Å². The predicted octanol–water partition coefficient (Wildman–Crippen LogP) is 6.71. The Morgan fingerprint density at radius 1 is 0.810 bits per heavy atom. The molecule has 58 heavy (non-hydrogen) atoms. The van der Waals surface area contributed by atoms with Crippen molar-refractivity contribution in [3.8, 4) is 22.8 Å². The first-order valence-electron chi connectivity index (χ1n) is 20.5. The largest absolute Gasteiger partial charge is 0.438 e. The van der Waals surface area contributed by atoms with Crippen molar-refractivity contribution in [2.45, 2.75) is 76.8 Å². The minimum atomic E-state index is -0.627. The summed E-state index contributed by atoms with van der Waals surface area (Å²) in [7, 11) is 0. The number of hydrogen-bond acceptors (Lipinski definition) is 9. The van der Waals surface area contributed by atoms with E-state index in [9.17, 15) is 14.0 Å². The molecule has 4 heterocycles. The summed E-state index contributed by atoms with van der Waals surface area (Å²) in [5.74, 6) is -0.714. The molecular weight excluding hydrogens is 734 g/mol. The zero-order valence-electron chi connectivity index (χ0n) is 33.3. The molecule has 1 saturated carbocycles. The van der Waals surface area contributed by atoms with Crippen molar-refractivity contribution in [3.63, 3.8) is 0 Å². The molecule has 3 N–H and O–H groups in total. The molecule has 2 amide bonds. The van der Waals surface area contributed by atoms with Gasteiger partial charge in [-0.05, 0) is 92.1 Å². The Balaban J connectivity index is 0.938. The van der Waals surface area contributed by atoms with Gasteiger partial charge in [-0.3, -0.25) is 24.4 Å². The van der Waals surface area contributed by atoms with E-state index >= 15 is 0 Å². The number of nitrogens with zero attached hydrogens (tertiary/aromatic N) is 4. The van der Waals surface area contributed by atoms with Crippen molar-refractivity contribution in [2.75, 3.05) is 39.4 Å². The van der Waals surface area contributed by atoms with Crippen LogP contribution in [0.2, 0.25) is 0 Å². The molecule has 0 bridgehead atoms. The molecule has 3 aromatic carbocycles. The standard InChI is InChI=1S/C46H52FN7O4/c1-30-26-54(27-31(2)50-30)28-32-11-16-40(35(22-32)29-53-18-20-57-21-19-53)34-7-3-9-39(23-34)58-46-42(24-36(47)25-49-46)45(56)52-38-14-12-37(13-15-38)51-44(55)41-10-4-6-33-8-5-17-48-43(33)41/h3-11,16-17,22-25,30-31,37-38,50H,12-15,18-21,26-29H2,1-2H3,(H,51,55)(H,52,56)/t30-,31+,37-,38-. The van der Waals surface area contributed by atoms with Gasteiger partial charge >= 0.3 is 0 Å². The van der Waals surface area contributed by atoms with Crippen molar-refractivity contribution in [3.05, 3.63) is 119 Å². The highest BCUT2D eigenvalue weighted by Gasteiger charge is 2.27. The van der Waals surface area contributed by atoms with Gasteiger partial charge in [-0.2, -0.15) is 0 Å². The van der Waals surface area contributed by atoms with Crippen molar-refractivity contribution in [1.29, 1.82) is 0 Å². The van der Waals surface area contributed by atoms with Gasteiger partial charge in [-0.15, -0.1) is 0 Å². The maximum absolute atomic E-state index is 14.6. The summed E-state index contributed by atoms with van der Waals surface area (Å²) in [4.78, 5) is 40.5. The molecule has 3 fully saturated rings. The van der Waals surface area contributed by atoms with E-state index < -0.39 is 11.7 Å². The normalized spacial score (nSPS) is 21.7. The number of nitrogens with one attached hydrogen (secondary N) is 3. The maximum Gasteiger partial charge on any atom is 0.257 e. The monoisotopic (exact) mass is 785 g/mol. The van der Waals surface area contributed by atoms with Gasteiger partial charge < -0.3 is 25.4 Å². The van der Waals surface area contributed by atoms with Gasteiger partial charge in [0.25, 0.3) is 11.8 Å². The van der Waals surface area contributed by atoms with E-state index in [0.29, 0.717) is 54.6 Å². The van der Waals surface area contributed by atoms with Crippen LogP contribution in [-0.2, 0) is 17.8 Å². The Kier molecular flexibility index (Phi) is 12.4. The number of rotatable bonds is 11. The molecule has 1 aliphatic carbocycles. The van der Waals surface area contributed by atoms with Crippen LogP contribution in [0.4, 0.5) is 4.39 Å². The zero-order chi connectivity index (χ0) is 40.0. The first-order valence-corrected chi connectivity index (χ1v) is 20.5. The van der Waals surface area contributed by atoms with Gasteiger partial charge in [0.05, 0.1) is 30.5 Å². The summed E-state index contributed by atoms with van der Waals surface area (Å²) < 4.78 is 26.5. The third kappa shape index (κ3) is 9.70. The minimum Gasteiger partial charge on any atom is -0.438 e. The summed E-state index contributed by atoms with van der Waals surface area (Å²) in [6, 6.07) is 25.8. The fourth-order valence-electron chi connectivity index (χ4n) is 8.69. The average molecular weight is 786 g/mol. The van der Waals surface area contributed by atoms with Crippen LogP contribution < -0.4 is 20.7 Å². The molecular formula is C46H52FN7O4. The molecule has 12 heteroatoms. The zero-order valence-corrected chi connectivity index (χ0v) is 33.3. The molecule has 2 aromatic heterocycles. The van der Waals surface area contributed by atoms with Crippen LogP contribution >= 0.6 is 0 Å². The molecule has 2 aliphatic heterocycles. The summed E-state index contributed by atoms with van der Waals surface area (Å²) in [5, 5.41) is 10.8.